The number of carbonyl (C=O) groups excluding carboxylic acids is 2. The molecule has 0 aromatic heterocycles. The second-order valence-corrected chi connectivity index (χ2v) is 4.69. The molecule has 0 radical (unpaired) electrons. The predicted octanol–water partition coefficient (Wildman–Crippen LogP) is 0.224. The summed E-state index contributed by atoms with van der Waals surface area (Å²) in [5.74, 6) is -1.81. The van der Waals surface area contributed by atoms with Gasteiger partial charge in [-0.3, -0.25) is 9.59 Å². The van der Waals surface area contributed by atoms with Crippen LogP contribution in [0, 0.1) is 5.92 Å². The third kappa shape index (κ3) is 3.72. The first kappa shape index (κ1) is 14.5. The zero-order valence-electron chi connectivity index (χ0n) is 10.8. The van der Waals surface area contributed by atoms with E-state index in [9.17, 15) is 14.4 Å². The normalized spacial score (nSPS) is 21.6. The molecule has 1 aliphatic rings. The van der Waals surface area contributed by atoms with Crippen molar-refractivity contribution in [3.63, 3.8) is 0 Å². The van der Waals surface area contributed by atoms with Crippen LogP contribution in [0.25, 0.3) is 0 Å². The molecule has 0 spiro atoms. The van der Waals surface area contributed by atoms with Gasteiger partial charge in [-0.05, 0) is 12.8 Å². The average Bonchev–Trinajstić information content (AvgIpc) is 2.31. The van der Waals surface area contributed by atoms with Crippen LogP contribution in [0.3, 0.4) is 0 Å². The first-order valence-corrected chi connectivity index (χ1v) is 6.22. The standard InChI is InChI=1S/C12H20N2O4/c1-3-4-9(12(17)18)13-11(16)8-5-6-14(2)10(15)7-8/h8-9H,3-7H2,1-2H3,(H,13,16)(H,17,18). The lowest BCUT2D eigenvalue weighted by Gasteiger charge is -2.28. The molecule has 0 aromatic rings. The fourth-order valence-electron chi connectivity index (χ4n) is 2.00. The number of hydrogen-bond acceptors (Lipinski definition) is 3. The largest absolute Gasteiger partial charge is 0.480 e. The molecule has 1 rings (SSSR count). The molecule has 2 unspecified atom stereocenters. The van der Waals surface area contributed by atoms with Crippen LogP contribution in [0.4, 0.5) is 0 Å². The number of nitrogens with zero attached hydrogens (tertiary/aromatic N) is 1. The Balaban J connectivity index is 2.54. The lowest BCUT2D eigenvalue weighted by Crippen LogP contribution is -2.47. The highest BCUT2D eigenvalue weighted by Gasteiger charge is 2.30. The van der Waals surface area contributed by atoms with Gasteiger partial charge in [0.25, 0.3) is 0 Å². The van der Waals surface area contributed by atoms with Gasteiger partial charge >= 0.3 is 5.97 Å². The zero-order valence-corrected chi connectivity index (χ0v) is 10.8. The maximum atomic E-state index is 11.9. The Labute approximate surface area is 106 Å². The van der Waals surface area contributed by atoms with E-state index in [1.165, 1.54) is 0 Å². The summed E-state index contributed by atoms with van der Waals surface area (Å²) in [5.41, 5.74) is 0. The summed E-state index contributed by atoms with van der Waals surface area (Å²) >= 11 is 0. The summed E-state index contributed by atoms with van der Waals surface area (Å²) in [7, 11) is 1.70. The van der Waals surface area contributed by atoms with Crippen molar-refractivity contribution >= 4 is 17.8 Å². The van der Waals surface area contributed by atoms with Crippen LogP contribution < -0.4 is 5.32 Å². The quantitative estimate of drug-likeness (QED) is 0.737. The number of carboxylic acid groups (broad SMARTS) is 1. The van der Waals surface area contributed by atoms with Gasteiger partial charge < -0.3 is 15.3 Å². The van der Waals surface area contributed by atoms with Gasteiger partial charge in [0.2, 0.25) is 11.8 Å². The van der Waals surface area contributed by atoms with Crippen LogP contribution in [0.5, 0.6) is 0 Å². The van der Waals surface area contributed by atoms with Crippen molar-refractivity contribution < 1.29 is 19.5 Å². The first-order chi connectivity index (χ1) is 8.45. The van der Waals surface area contributed by atoms with Crippen molar-refractivity contribution in [1.82, 2.24) is 10.2 Å². The number of piperidine rings is 1. The lowest BCUT2D eigenvalue weighted by molar-refractivity contribution is -0.144. The Hall–Kier alpha value is -1.59. The number of rotatable bonds is 5. The molecule has 18 heavy (non-hydrogen) atoms. The van der Waals surface area contributed by atoms with Gasteiger partial charge in [-0.1, -0.05) is 13.3 Å². The molecule has 2 amide bonds. The number of aliphatic carboxylic acids is 1. The third-order valence-corrected chi connectivity index (χ3v) is 3.22. The average molecular weight is 256 g/mol. The third-order valence-electron chi connectivity index (χ3n) is 3.22. The van der Waals surface area contributed by atoms with Crippen molar-refractivity contribution in [1.29, 1.82) is 0 Å². The number of nitrogens with one attached hydrogen (secondary N) is 1. The Morgan fingerprint density at radius 2 is 2.22 bits per heavy atom. The lowest BCUT2D eigenvalue weighted by atomic mass is 9.95. The van der Waals surface area contributed by atoms with E-state index in [1.54, 1.807) is 11.9 Å². The fraction of sp³-hybridized carbons (Fsp3) is 0.750. The molecule has 6 nitrogen and oxygen atoms in total. The highest BCUT2D eigenvalue weighted by Crippen LogP contribution is 2.17. The summed E-state index contributed by atoms with van der Waals surface area (Å²) in [4.78, 5) is 35.9. The van der Waals surface area contributed by atoms with Crippen molar-refractivity contribution in [2.24, 2.45) is 5.92 Å². The minimum absolute atomic E-state index is 0.0660. The van der Waals surface area contributed by atoms with Gasteiger partial charge in [-0.15, -0.1) is 0 Å². The molecule has 1 saturated heterocycles. The van der Waals surface area contributed by atoms with E-state index < -0.39 is 17.9 Å². The zero-order chi connectivity index (χ0) is 13.7. The monoisotopic (exact) mass is 256 g/mol. The van der Waals surface area contributed by atoms with Gasteiger partial charge in [-0.2, -0.15) is 0 Å². The van der Waals surface area contributed by atoms with Crippen LogP contribution in [-0.2, 0) is 14.4 Å². The van der Waals surface area contributed by atoms with E-state index in [2.05, 4.69) is 5.32 Å². The van der Waals surface area contributed by atoms with Crippen LogP contribution in [-0.4, -0.2) is 47.4 Å². The topological polar surface area (TPSA) is 86.7 Å². The molecule has 0 aromatic carbocycles. The summed E-state index contributed by atoms with van der Waals surface area (Å²) < 4.78 is 0. The summed E-state index contributed by atoms with van der Waals surface area (Å²) in [5, 5.41) is 11.5. The summed E-state index contributed by atoms with van der Waals surface area (Å²) in [6.07, 6.45) is 1.85. The molecule has 1 aliphatic heterocycles. The summed E-state index contributed by atoms with van der Waals surface area (Å²) in [6.45, 7) is 2.41. The number of hydrogen-bond donors (Lipinski definition) is 2. The second-order valence-electron chi connectivity index (χ2n) is 4.69. The van der Waals surface area contributed by atoms with Crippen LogP contribution >= 0.6 is 0 Å². The van der Waals surface area contributed by atoms with E-state index in [1.807, 2.05) is 6.92 Å². The van der Waals surface area contributed by atoms with E-state index in [-0.39, 0.29) is 18.2 Å². The van der Waals surface area contributed by atoms with Crippen LogP contribution in [0.2, 0.25) is 0 Å². The SMILES string of the molecule is CCCC(NC(=O)C1CCN(C)C(=O)C1)C(=O)O. The van der Waals surface area contributed by atoms with E-state index in [0.717, 1.165) is 0 Å². The molecular formula is C12H20N2O4. The molecule has 1 fully saturated rings. The first-order valence-electron chi connectivity index (χ1n) is 6.22. The maximum Gasteiger partial charge on any atom is 0.326 e. The Morgan fingerprint density at radius 3 is 2.72 bits per heavy atom. The molecule has 1 heterocycles. The molecule has 2 atom stereocenters. The van der Waals surface area contributed by atoms with Crippen molar-refractivity contribution in [2.75, 3.05) is 13.6 Å². The Bertz CT molecular complexity index is 343. The van der Waals surface area contributed by atoms with Gasteiger partial charge in [0.1, 0.15) is 6.04 Å². The number of carboxylic acids is 1. The highest BCUT2D eigenvalue weighted by atomic mass is 16.4. The molecular weight excluding hydrogens is 236 g/mol. The van der Waals surface area contributed by atoms with Gasteiger partial charge in [-0.25, -0.2) is 4.79 Å². The van der Waals surface area contributed by atoms with Crippen molar-refractivity contribution in [3.05, 3.63) is 0 Å². The molecule has 0 bridgehead atoms. The summed E-state index contributed by atoms with van der Waals surface area (Å²) in [6, 6.07) is -0.850. The van der Waals surface area contributed by atoms with Gasteiger partial charge in [0, 0.05) is 25.9 Å². The maximum absolute atomic E-state index is 11.9. The Morgan fingerprint density at radius 1 is 1.56 bits per heavy atom. The predicted molar refractivity (Wildman–Crippen MR) is 64.8 cm³/mol. The molecule has 102 valence electrons. The minimum Gasteiger partial charge on any atom is -0.480 e. The molecule has 0 aliphatic carbocycles. The number of carbonyl (C=O) groups is 3. The smallest absolute Gasteiger partial charge is 0.326 e. The molecule has 2 N–H and O–H groups in total. The van der Waals surface area contributed by atoms with E-state index in [0.29, 0.717) is 25.8 Å². The number of likely N-dealkylation sites (tertiary alicyclic amines) is 1. The van der Waals surface area contributed by atoms with Crippen LogP contribution in [0.1, 0.15) is 32.6 Å². The van der Waals surface area contributed by atoms with E-state index in [4.69, 9.17) is 5.11 Å². The number of amides is 2. The van der Waals surface area contributed by atoms with Crippen molar-refractivity contribution in [3.8, 4) is 0 Å². The van der Waals surface area contributed by atoms with Gasteiger partial charge in [0.15, 0.2) is 0 Å². The Kier molecular flexibility index (Phi) is 5.12. The minimum atomic E-state index is -1.02. The van der Waals surface area contributed by atoms with E-state index >= 15 is 0 Å². The molecule has 6 heteroatoms. The fourth-order valence-corrected chi connectivity index (χ4v) is 2.00. The second kappa shape index (κ2) is 6.37. The highest BCUT2D eigenvalue weighted by molar-refractivity contribution is 5.89. The van der Waals surface area contributed by atoms with Crippen molar-refractivity contribution in [2.45, 2.75) is 38.6 Å². The van der Waals surface area contributed by atoms with Crippen LogP contribution in [0.15, 0.2) is 0 Å². The van der Waals surface area contributed by atoms with Gasteiger partial charge in [0.05, 0.1) is 0 Å². The molecule has 0 saturated carbocycles.